The summed E-state index contributed by atoms with van der Waals surface area (Å²) in [5.41, 5.74) is 5.08. The fourth-order valence-electron chi connectivity index (χ4n) is 6.05. The summed E-state index contributed by atoms with van der Waals surface area (Å²) in [5.74, 6) is 0.633. The molecule has 42 heavy (non-hydrogen) atoms. The molecule has 2 aromatic heterocycles. The summed E-state index contributed by atoms with van der Waals surface area (Å²) >= 11 is 0. The quantitative estimate of drug-likeness (QED) is 0.212. The summed E-state index contributed by atoms with van der Waals surface area (Å²) in [7, 11) is -0.462. The molecule has 204 valence electrons. The lowest BCUT2D eigenvalue weighted by atomic mass is 9.79. The van der Waals surface area contributed by atoms with Crippen LogP contribution in [0.15, 0.2) is 109 Å². The van der Waals surface area contributed by atoms with Gasteiger partial charge in [0.05, 0.1) is 33.4 Å². The summed E-state index contributed by atoms with van der Waals surface area (Å²) in [4.78, 5) is 10.4. The Hall–Kier alpha value is -4.52. The summed E-state index contributed by atoms with van der Waals surface area (Å²) in [6, 6.07) is 38.1. The van der Waals surface area contributed by atoms with Crippen molar-refractivity contribution in [3.05, 3.63) is 109 Å². The van der Waals surface area contributed by atoms with Crippen LogP contribution in [-0.2, 0) is 9.31 Å². The van der Waals surface area contributed by atoms with Crippen molar-refractivity contribution in [1.82, 2.24) is 14.5 Å². The van der Waals surface area contributed by atoms with Crippen LogP contribution < -0.4 is 5.46 Å². The molecular weight excluding hydrogens is 517 g/mol. The summed E-state index contributed by atoms with van der Waals surface area (Å²) < 4.78 is 15.0. The van der Waals surface area contributed by atoms with Crippen molar-refractivity contribution in [2.24, 2.45) is 0 Å². The van der Waals surface area contributed by atoms with Gasteiger partial charge in [0.2, 0.25) is 5.95 Å². The molecular formula is C36H30BN3O2. The highest BCUT2D eigenvalue weighted by Crippen LogP contribution is 2.38. The molecule has 6 heteroatoms. The molecule has 0 atom stereocenters. The Labute approximate surface area is 244 Å². The van der Waals surface area contributed by atoms with Gasteiger partial charge >= 0.3 is 7.12 Å². The number of rotatable bonds is 3. The lowest BCUT2D eigenvalue weighted by molar-refractivity contribution is 0.00578. The van der Waals surface area contributed by atoms with E-state index < -0.39 is 18.3 Å². The van der Waals surface area contributed by atoms with Crippen molar-refractivity contribution >= 4 is 56.1 Å². The van der Waals surface area contributed by atoms with E-state index in [1.165, 1.54) is 10.8 Å². The van der Waals surface area contributed by atoms with Crippen LogP contribution in [0.1, 0.15) is 27.7 Å². The number of benzene rings is 5. The molecule has 0 amide bonds. The van der Waals surface area contributed by atoms with Crippen molar-refractivity contribution < 1.29 is 9.31 Å². The zero-order chi connectivity index (χ0) is 28.6. The second kappa shape index (κ2) is 8.99. The van der Waals surface area contributed by atoms with E-state index in [1.54, 1.807) is 0 Å². The Kier molecular flexibility index (Phi) is 5.40. The van der Waals surface area contributed by atoms with Crippen LogP contribution in [-0.4, -0.2) is 32.9 Å². The highest BCUT2D eigenvalue weighted by atomic mass is 16.7. The van der Waals surface area contributed by atoms with Crippen LogP contribution in [0.2, 0.25) is 0 Å². The van der Waals surface area contributed by atoms with E-state index in [0.29, 0.717) is 5.95 Å². The molecule has 1 saturated heterocycles. The van der Waals surface area contributed by atoms with Gasteiger partial charge in [-0.05, 0) is 68.2 Å². The monoisotopic (exact) mass is 547 g/mol. The number of nitrogens with zero attached hydrogens (tertiary/aromatic N) is 3. The number of para-hydroxylation sites is 2. The molecule has 1 fully saturated rings. The van der Waals surface area contributed by atoms with Crippen LogP contribution in [0.4, 0.5) is 0 Å². The zero-order valence-corrected chi connectivity index (χ0v) is 24.1. The first-order valence-corrected chi connectivity index (χ1v) is 14.4. The van der Waals surface area contributed by atoms with Gasteiger partial charge in [-0.25, -0.2) is 9.97 Å². The van der Waals surface area contributed by atoms with Crippen LogP contribution in [0.3, 0.4) is 0 Å². The van der Waals surface area contributed by atoms with Gasteiger partial charge in [-0.15, -0.1) is 0 Å². The van der Waals surface area contributed by atoms with Crippen molar-refractivity contribution in [2.45, 2.75) is 38.9 Å². The zero-order valence-electron chi connectivity index (χ0n) is 24.1. The normalized spacial score (nSPS) is 16.2. The lowest BCUT2D eigenvalue weighted by Gasteiger charge is -2.32. The molecule has 0 aliphatic carbocycles. The molecule has 0 bridgehead atoms. The summed E-state index contributed by atoms with van der Waals surface area (Å²) in [6.45, 7) is 8.33. The van der Waals surface area contributed by atoms with Gasteiger partial charge in [-0.3, -0.25) is 4.57 Å². The standard InChI is InChI=1S/C36H30BN3O2/c1-35(2)36(3,4)42-37(41-35)26-19-20-28-27-13-8-10-16-31(27)40(32(28)22-26)34-38-30-15-9-7-14-29(30)33(39-34)25-18-17-23-11-5-6-12-24(23)21-25/h5-22H,1-4H3. The van der Waals surface area contributed by atoms with Crippen molar-refractivity contribution in [3.63, 3.8) is 0 Å². The maximum Gasteiger partial charge on any atom is 0.494 e. The molecule has 0 saturated carbocycles. The van der Waals surface area contributed by atoms with Gasteiger partial charge in [0.25, 0.3) is 0 Å². The predicted molar refractivity (Wildman–Crippen MR) is 173 cm³/mol. The number of aromatic nitrogens is 3. The molecule has 1 aliphatic heterocycles. The Morgan fingerprint density at radius 2 is 1.26 bits per heavy atom. The summed E-state index contributed by atoms with van der Waals surface area (Å²) in [6.07, 6.45) is 0. The maximum absolute atomic E-state index is 6.43. The maximum atomic E-state index is 6.43. The van der Waals surface area contributed by atoms with Crippen LogP contribution in [0.5, 0.6) is 0 Å². The molecule has 0 unspecified atom stereocenters. The third-order valence-corrected chi connectivity index (χ3v) is 9.04. The van der Waals surface area contributed by atoms with Gasteiger partial charge < -0.3 is 9.31 Å². The molecule has 0 spiro atoms. The van der Waals surface area contributed by atoms with Gasteiger partial charge in [0.15, 0.2) is 0 Å². The topological polar surface area (TPSA) is 49.2 Å². The predicted octanol–water partition coefficient (Wildman–Crippen LogP) is 7.85. The Morgan fingerprint density at radius 1 is 0.595 bits per heavy atom. The van der Waals surface area contributed by atoms with E-state index in [0.717, 1.165) is 49.4 Å². The van der Waals surface area contributed by atoms with E-state index in [4.69, 9.17) is 19.3 Å². The van der Waals surface area contributed by atoms with Gasteiger partial charge in [-0.2, -0.15) is 0 Å². The average molecular weight is 547 g/mol. The molecule has 5 aromatic carbocycles. The number of hydrogen-bond donors (Lipinski definition) is 0. The van der Waals surface area contributed by atoms with Crippen LogP contribution in [0.25, 0.3) is 60.7 Å². The molecule has 3 heterocycles. The second-order valence-electron chi connectivity index (χ2n) is 12.2. The number of hydrogen-bond acceptors (Lipinski definition) is 4. The minimum Gasteiger partial charge on any atom is -0.399 e. The van der Waals surface area contributed by atoms with E-state index in [2.05, 4.69) is 129 Å². The highest BCUT2D eigenvalue weighted by molar-refractivity contribution is 6.62. The Balaban J connectivity index is 1.38. The molecule has 7 aromatic rings. The van der Waals surface area contributed by atoms with E-state index in [1.807, 2.05) is 12.1 Å². The Bertz CT molecular complexity index is 2170. The first-order valence-electron chi connectivity index (χ1n) is 14.4. The first kappa shape index (κ1) is 25.2. The lowest BCUT2D eigenvalue weighted by Crippen LogP contribution is -2.41. The van der Waals surface area contributed by atoms with Gasteiger partial charge in [-0.1, -0.05) is 84.9 Å². The first-order chi connectivity index (χ1) is 20.3. The minimum absolute atomic E-state index is 0.421. The number of fused-ring (bicyclic) bond motifs is 5. The minimum atomic E-state index is -0.462. The SMILES string of the molecule is CC1(C)OB(c2ccc3c4ccccc4n(-c4nc(-c5ccc6ccccc6c5)c5ccccc5n4)c3c2)OC1(C)C. The third-order valence-electron chi connectivity index (χ3n) is 9.04. The van der Waals surface area contributed by atoms with Crippen molar-refractivity contribution in [2.75, 3.05) is 0 Å². The third kappa shape index (κ3) is 3.79. The van der Waals surface area contributed by atoms with Crippen LogP contribution in [0, 0.1) is 0 Å². The molecule has 5 nitrogen and oxygen atoms in total. The fourth-order valence-corrected chi connectivity index (χ4v) is 6.05. The van der Waals surface area contributed by atoms with Crippen molar-refractivity contribution in [3.8, 4) is 17.2 Å². The summed E-state index contributed by atoms with van der Waals surface area (Å²) in [5, 5.41) is 5.70. The molecule has 0 radical (unpaired) electrons. The van der Waals surface area contributed by atoms with E-state index >= 15 is 0 Å². The van der Waals surface area contributed by atoms with Gasteiger partial charge in [0.1, 0.15) is 0 Å². The van der Waals surface area contributed by atoms with Gasteiger partial charge in [0, 0.05) is 21.7 Å². The largest absolute Gasteiger partial charge is 0.494 e. The van der Waals surface area contributed by atoms with Crippen LogP contribution >= 0.6 is 0 Å². The molecule has 0 N–H and O–H groups in total. The Morgan fingerprint density at radius 3 is 2.07 bits per heavy atom. The average Bonchev–Trinajstić information content (AvgIpc) is 3.44. The molecule has 8 rings (SSSR count). The van der Waals surface area contributed by atoms with Crippen molar-refractivity contribution in [1.29, 1.82) is 0 Å². The highest BCUT2D eigenvalue weighted by Gasteiger charge is 2.51. The smallest absolute Gasteiger partial charge is 0.399 e. The molecule has 1 aliphatic rings. The fraction of sp³-hybridized carbons (Fsp3) is 0.167. The van der Waals surface area contributed by atoms with E-state index in [9.17, 15) is 0 Å². The second-order valence-corrected chi connectivity index (χ2v) is 12.2. The van der Waals surface area contributed by atoms with E-state index in [-0.39, 0.29) is 0 Å².